The predicted molar refractivity (Wildman–Crippen MR) is 39.9 cm³/mol. The topological polar surface area (TPSA) is 32.3 Å². The zero-order valence-corrected chi connectivity index (χ0v) is 6.50. The van der Waals surface area contributed by atoms with Gasteiger partial charge in [-0.05, 0) is 19.9 Å². The first-order valence-corrected chi connectivity index (χ1v) is 3.08. The maximum atomic E-state index is 8.75. The summed E-state index contributed by atoms with van der Waals surface area (Å²) in [6.07, 6.45) is 2.40. The van der Waals surface area contributed by atoms with E-state index in [2.05, 4.69) is 5.32 Å². The van der Waals surface area contributed by atoms with Crippen molar-refractivity contribution in [3.8, 4) is 0 Å². The van der Waals surface area contributed by atoms with Crippen molar-refractivity contribution in [2.45, 2.75) is 12.8 Å². The molecule has 56 valence electrons. The van der Waals surface area contributed by atoms with Gasteiger partial charge in [0.25, 0.3) is 0 Å². The lowest BCUT2D eigenvalue weighted by Crippen LogP contribution is -2.22. The van der Waals surface area contributed by atoms with Crippen LogP contribution in [0, 0.1) is 5.41 Å². The minimum absolute atomic E-state index is 0. The molecule has 0 atom stereocenters. The molecule has 0 amide bonds. The highest BCUT2D eigenvalue weighted by Gasteiger charge is 2.40. The summed E-state index contributed by atoms with van der Waals surface area (Å²) in [4.78, 5) is 0. The van der Waals surface area contributed by atoms with Crippen LogP contribution in [-0.4, -0.2) is 25.3 Å². The van der Waals surface area contributed by atoms with E-state index in [1.165, 1.54) is 12.8 Å². The number of hydrogen-bond donors (Lipinski definition) is 2. The van der Waals surface area contributed by atoms with Crippen molar-refractivity contribution in [1.82, 2.24) is 5.32 Å². The van der Waals surface area contributed by atoms with Crippen LogP contribution >= 0.6 is 12.4 Å². The number of rotatable bonds is 3. The third-order valence-electron chi connectivity index (χ3n) is 1.84. The molecular formula is C6H14ClNO. The van der Waals surface area contributed by atoms with E-state index in [1.54, 1.807) is 0 Å². The van der Waals surface area contributed by atoms with E-state index in [0.717, 1.165) is 6.54 Å². The molecule has 0 aromatic heterocycles. The average molecular weight is 152 g/mol. The molecule has 0 heterocycles. The van der Waals surface area contributed by atoms with Crippen LogP contribution in [-0.2, 0) is 0 Å². The lowest BCUT2D eigenvalue weighted by molar-refractivity contribution is 0.210. The van der Waals surface area contributed by atoms with Gasteiger partial charge in [0, 0.05) is 18.6 Å². The van der Waals surface area contributed by atoms with Crippen molar-refractivity contribution < 1.29 is 5.11 Å². The van der Waals surface area contributed by atoms with E-state index in [-0.39, 0.29) is 17.8 Å². The standard InChI is InChI=1S/C6H13NO.ClH/c1-7-4-6(5-8)2-3-6;/h7-8H,2-5H2,1H3;1H. The highest BCUT2D eigenvalue weighted by Crippen LogP contribution is 2.43. The molecule has 0 radical (unpaired) electrons. The van der Waals surface area contributed by atoms with Gasteiger partial charge in [-0.15, -0.1) is 12.4 Å². The van der Waals surface area contributed by atoms with Crippen molar-refractivity contribution in [1.29, 1.82) is 0 Å². The SMILES string of the molecule is CNCC1(CO)CC1.Cl. The third-order valence-corrected chi connectivity index (χ3v) is 1.84. The highest BCUT2D eigenvalue weighted by molar-refractivity contribution is 5.85. The number of aliphatic hydroxyl groups is 1. The molecule has 1 aliphatic rings. The van der Waals surface area contributed by atoms with Gasteiger partial charge < -0.3 is 10.4 Å². The zero-order chi connectivity index (χ0) is 6.04. The molecule has 0 aliphatic heterocycles. The van der Waals surface area contributed by atoms with Crippen molar-refractivity contribution in [3.63, 3.8) is 0 Å². The molecule has 0 aromatic carbocycles. The van der Waals surface area contributed by atoms with Crippen molar-refractivity contribution >= 4 is 12.4 Å². The van der Waals surface area contributed by atoms with Crippen molar-refractivity contribution in [3.05, 3.63) is 0 Å². The Morgan fingerprint density at radius 3 is 2.22 bits per heavy atom. The van der Waals surface area contributed by atoms with Crippen LogP contribution in [0.4, 0.5) is 0 Å². The highest BCUT2D eigenvalue weighted by atomic mass is 35.5. The number of hydrogen-bond acceptors (Lipinski definition) is 2. The summed E-state index contributed by atoms with van der Waals surface area (Å²) in [5, 5.41) is 11.8. The molecule has 0 spiro atoms. The van der Waals surface area contributed by atoms with Gasteiger partial charge in [0.15, 0.2) is 0 Å². The van der Waals surface area contributed by atoms with E-state index >= 15 is 0 Å². The Bertz CT molecular complexity index is 83.1. The number of aliphatic hydroxyl groups excluding tert-OH is 1. The fourth-order valence-corrected chi connectivity index (χ4v) is 0.943. The van der Waals surface area contributed by atoms with Gasteiger partial charge in [-0.3, -0.25) is 0 Å². The summed E-state index contributed by atoms with van der Waals surface area (Å²) in [5.41, 5.74) is 0.286. The van der Waals surface area contributed by atoms with Crippen LogP contribution in [0.2, 0.25) is 0 Å². The molecule has 1 aliphatic carbocycles. The second-order valence-corrected chi connectivity index (χ2v) is 2.69. The molecule has 1 saturated carbocycles. The molecule has 0 saturated heterocycles. The van der Waals surface area contributed by atoms with Gasteiger partial charge in [0.2, 0.25) is 0 Å². The lowest BCUT2D eigenvalue weighted by Gasteiger charge is -2.08. The monoisotopic (exact) mass is 151 g/mol. The molecule has 9 heavy (non-hydrogen) atoms. The Morgan fingerprint density at radius 1 is 1.56 bits per heavy atom. The Balaban J connectivity index is 0.000000640. The summed E-state index contributed by atoms with van der Waals surface area (Å²) in [5.74, 6) is 0. The predicted octanol–water partition coefficient (Wildman–Crippen LogP) is 0.400. The van der Waals surface area contributed by atoms with Crippen LogP contribution in [0.5, 0.6) is 0 Å². The number of halogens is 1. The van der Waals surface area contributed by atoms with E-state index in [0.29, 0.717) is 6.61 Å². The largest absolute Gasteiger partial charge is 0.396 e. The molecule has 3 heteroatoms. The Kier molecular flexibility index (Phi) is 3.48. The van der Waals surface area contributed by atoms with Crippen LogP contribution in [0.15, 0.2) is 0 Å². The number of nitrogens with one attached hydrogen (secondary N) is 1. The van der Waals surface area contributed by atoms with Crippen LogP contribution in [0.1, 0.15) is 12.8 Å². The summed E-state index contributed by atoms with van der Waals surface area (Å²) in [6, 6.07) is 0. The molecule has 1 rings (SSSR count). The van der Waals surface area contributed by atoms with Gasteiger partial charge >= 0.3 is 0 Å². The summed E-state index contributed by atoms with van der Waals surface area (Å²) in [7, 11) is 1.93. The van der Waals surface area contributed by atoms with Gasteiger partial charge in [0.05, 0.1) is 0 Å². The quantitative estimate of drug-likeness (QED) is 0.612. The molecule has 0 aromatic rings. The first-order chi connectivity index (χ1) is 3.83. The van der Waals surface area contributed by atoms with Crippen LogP contribution < -0.4 is 5.32 Å². The summed E-state index contributed by atoms with van der Waals surface area (Å²) < 4.78 is 0. The minimum atomic E-state index is 0. The summed E-state index contributed by atoms with van der Waals surface area (Å²) >= 11 is 0. The zero-order valence-electron chi connectivity index (χ0n) is 5.68. The summed E-state index contributed by atoms with van der Waals surface area (Å²) in [6.45, 7) is 1.33. The van der Waals surface area contributed by atoms with Gasteiger partial charge in [0.1, 0.15) is 0 Å². The smallest absolute Gasteiger partial charge is 0.0499 e. The van der Waals surface area contributed by atoms with Crippen LogP contribution in [0.3, 0.4) is 0 Å². The Morgan fingerprint density at radius 2 is 2.11 bits per heavy atom. The average Bonchev–Trinajstić information content (AvgIpc) is 2.50. The maximum absolute atomic E-state index is 8.75. The van der Waals surface area contributed by atoms with Gasteiger partial charge in [-0.2, -0.15) is 0 Å². The fraction of sp³-hybridized carbons (Fsp3) is 1.00. The molecule has 0 unspecified atom stereocenters. The molecule has 1 fully saturated rings. The molecular weight excluding hydrogens is 138 g/mol. The first kappa shape index (κ1) is 9.21. The Labute approximate surface area is 62.1 Å². The fourth-order valence-electron chi connectivity index (χ4n) is 0.943. The normalized spacial score (nSPS) is 20.7. The minimum Gasteiger partial charge on any atom is -0.396 e. The second-order valence-electron chi connectivity index (χ2n) is 2.69. The van der Waals surface area contributed by atoms with E-state index in [9.17, 15) is 0 Å². The molecule has 2 N–H and O–H groups in total. The van der Waals surface area contributed by atoms with Crippen LogP contribution in [0.25, 0.3) is 0 Å². The van der Waals surface area contributed by atoms with Crippen molar-refractivity contribution in [2.75, 3.05) is 20.2 Å². The first-order valence-electron chi connectivity index (χ1n) is 3.08. The van der Waals surface area contributed by atoms with Gasteiger partial charge in [-0.1, -0.05) is 0 Å². The van der Waals surface area contributed by atoms with Gasteiger partial charge in [-0.25, -0.2) is 0 Å². The molecule has 0 bridgehead atoms. The van der Waals surface area contributed by atoms with E-state index < -0.39 is 0 Å². The molecule has 2 nitrogen and oxygen atoms in total. The van der Waals surface area contributed by atoms with E-state index in [4.69, 9.17) is 5.11 Å². The Hall–Kier alpha value is 0.210. The van der Waals surface area contributed by atoms with E-state index in [1.807, 2.05) is 7.05 Å². The second kappa shape index (κ2) is 3.40. The van der Waals surface area contributed by atoms with Crippen molar-refractivity contribution in [2.24, 2.45) is 5.41 Å². The third kappa shape index (κ3) is 2.12. The lowest BCUT2D eigenvalue weighted by atomic mass is 10.1. The maximum Gasteiger partial charge on any atom is 0.0499 e.